The summed E-state index contributed by atoms with van der Waals surface area (Å²) in [5.41, 5.74) is 4.28. The first kappa shape index (κ1) is 17.7. The van der Waals surface area contributed by atoms with Crippen molar-refractivity contribution in [2.75, 3.05) is 18.5 Å². The second-order valence-electron chi connectivity index (χ2n) is 7.05. The number of nitrogens with zero attached hydrogens (tertiary/aromatic N) is 2. The van der Waals surface area contributed by atoms with Crippen LogP contribution in [-0.4, -0.2) is 28.6 Å². The zero-order valence-electron chi connectivity index (χ0n) is 15.6. The normalized spacial score (nSPS) is 16.7. The van der Waals surface area contributed by atoms with Crippen molar-refractivity contribution in [1.82, 2.24) is 9.38 Å². The zero-order chi connectivity index (χ0) is 18.6. The topological polar surface area (TPSA) is 55.6 Å². The minimum atomic E-state index is -0.00314. The van der Waals surface area contributed by atoms with E-state index in [2.05, 4.69) is 12.2 Å². The number of anilines is 1. The third kappa shape index (κ3) is 3.74. The first-order chi connectivity index (χ1) is 13.3. The van der Waals surface area contributed by atoms with Gasteiger partial charge in [0.1, 0.15) is 5.65 Å². The van der Waals surface area contributed by atoms with Crippen molar-refractivity contribution in [3.8, 4) is 11.1 Å². The molecule has 5 nitrogen and oxygen atoms in total. The zero-order valence-corrected chi connectivity index (χ0v) is 15.6. The SMILES string of the molecule is CCCCc1nc2ccccn2c(=O)c1-c1ccc(N[C@@H]2CCOC2)cc1. The average Bonchev–Trinajstić information content (AvgIpc) is 3.20. The third-order valence-electron chi connectivity index (χ3n) is 5.05. The van der Waals surface area contributed by atoms with Crippen LogP contribution in [-0.2, 0) is 11.2 Å². The summed E-state index contributed by atoms with van der Waals surface area (Å²) in [6.07, 6.45) is 5.71. The van der Waals surface area contributed by atoms with E-state index in [0.29, 0.717) is 17.3 Å². The fourth-order valence-electron chi connectivity index (χ4n) is 3.57. The first-order valence-electron chi connectivity index (χ1n) is 9.71. The molecule has 3 aromatic rings. The van der Waals surface area contributed by atoms with Crippen LogP contribution in [0.25, 0.3) is 16.8 Å². The molecule has 0 aliphatic carbocycles. The van der Waals surface area contributed by atoms with Crippen LogP contribution in [0.4, 0.5) is 5.69 Å². The highest BCUT2D eigenvalue weighted by atomic mass is 16.5. The number of rotatable bonds is 6. The summed E-state index contributed by atoms with van der Waals surface area (Å²) >= 11 is 0. The van der Waals surface area contributed by atoms with Gasteiger partial charge in [-0.25, -0.2) is 4.98 Å². The Kier molecular flexibility index (Phi) is 5.21. The average molecular weight is 363 g/mol. The van der Waals surface area contributed by atoms with Crippen LogP contribution < -0.4 is 10.9 Å². The first-order valence-corrected chi connectivity index (χ1v) is 9.71. The summed E-state index contributed by atoms with van der Waals surface area (Å²) in [6.45, 7) is 3.72. The van der Waals surface area contributed by atoms with Crippen LogP contribution in [0.3, 0.4) is 0 Å². The molecule has 1 aliphatic rings. The van der Waals surface area contributed by atoms with Gasteiger partial charge in [-0.3, -0.25) is 9.20 Å². The maximum Gasteiger partial charge on any atom is 0.265 e. The summed E-state index contributed by atoms with van der Waals surface area (Å²) in [7, 11) is 0. The lowest BCUT2D eigenvalue weighted by molar-refractivity contribution is 0.195. The maximum atomic E-state index is 13.2. The number of ether oxygens (including phenoxy) is 1. The van der Waals surface area contributed by atoms with Crippen LogP contribution in [0.15, 0.2) is 53.5 Å². The molecule has 0 unspecified atom stereocenters. The Balaban J connectivity index is 1.72. The molecule has 1 fully saturated rings. The molecule has 3 heterocycles. The molecule has 1 saturated heterocycles. The minimum Gasteiger partial charge on any atom is -0.380 e. The highest BCUT2D eigenvalue weighted by Crippen LogP contribution is 2.24. The summed E-state index contributed by atoms with van der Waals surface area (Å²) in [5.74, 6) is 0. The van der Waals surface area contributed by atoms with Gasteiger partial charge in [0.2, 0.25) is 0 Å². The molecule has 1 N–H and O–H groups in total. The Bertz CT molecular complexity index is 973. The number of unbranched alkanes of at least 4 members (excludes halogenated alkanes) is 1. The van der Waals surface area contributed by atoms with Crippen LogP contribution in [0.5, 0.6) is 0 Å². The van der Waals surface area contributed by atoms with Crippen LogP contribution >= 0.6 is 0 Å². The lowest BCUT2D eigenvalue weighted by Crippen LogP contribution is -2.20. The lowest BCUT2D eigenvalue weighted by Gasteiger charge is -2.14. The van der Waals surface area contributed by atoms with E-state index in [1.807, 2.05) is 42.5 Å². The maximum absolute atomic E-state index is 13.2. The molecule has 0 amide bonds. The number of pyridine rings is 1. The van der Waals surface area contributed by atoms with Gasteiger partial charge in [-0.15, -0.1) is 0 Å². The highest BCUT2D eigenvalue weighted by molar-refractivity contribution is 5.69. The van der Waals surface area contributed by atoms with Crippen molar-refractivity contribution in [1.29, 1.82) is 0 Å². The number of aromatic nitrogens is 2. The standard InChI is InChI=1S/C22H25N3O2/c1-2-3-6-19-21(22(26)25-13-5-4-7-20(25)24-19)16-8-10-17(11-9-16)23-18-12-14-27-15-18/h4-5,7-11,13,18,23H,2-3,6,12,14-15H2,1H3/t18-/m1/s1. The van der Waals surface area contributed by atoms with E-state index in [-0.39, 0.29) is 5.56 Å². The number of benzene rings is 1. The Morgan fingerprint density at radius 2 is 2.07 bits per heavy atom. The third-order valence-corrected chi connectivity index (χ3v) is 5.05. The highest BCUT2D eigenvalue weighted by Gasteiger charge is 2.17. The molecule has 1 aromatic carbocycles. The Morgan fingerprint density at radius 3 is 2.81 bits per heavy atom. The van der Waals surface area contributed by atoms with E-state index in [0.717, 1.165) is 55.8 Å². The van der Waals surface area contributed by atoms with E-state index < -0.39 is 0 Å². The summed E-state index contributed by atoms with van der Waals surface area (Å²) in [6, 6.07) is 14.1. The fourth-order valence-corrected chi connectivity index (χ4v) is 3.57. The summed E-state index contributed by atoms with van der Waals surface area (Å²) < 4.78 is 7.05. The van der Waals surface area contributed by atoms with Gasteiger partial charge >= 0.3 is 0 Å². The van der Waals surface area contributed by atoms with E-state index in [9.17, 15) is 4.79 Å². The summed E-state index contributed by atoms with van der Waals surface area (Å²) in [5, 5.41) is 3.49. The molecule has 0 saturated carbocycles. The van der Waals surface area contributed by atoms with Gasteiger partial charge < -0.3 is 10.1 Å². The van der Waals surface area contributed by atoms with Crippen LogP contribution in [0.1, 0.15) is 31.9 Å². The predicted molar refractivity (Wildman–Crippen MR) is 108 cm³/mol. The van der Waals surface area contributed by atoms with Crippen molar-refractivity contribution in [3.05, 3.63) is 64.7 Å². The Labute approximate surface area is 159 Å². The predicted octanol–water partition coefficient (Wildman–Crippen LogP) is 3.90. The molecule has 1 atom stereocenters. The molecule has 2 aromatic heterocycles. The monoisotopic (exact) mass is 363 g/mol. The molecule has 5 heteroatoms. The van der Waals surface area contributed by atoms with E-state index >= 15 is 0 Å². The Morgan fingerprint density at radius 1 is 1.22 bits per heavy atom. The van der Waals surface area contributed by atoms with Gasteiger partial charge in [-0.05, 0) is 49.1 Å². The number of fused-ring (bicyclic) bond motifs is 1. The summed E-state index contributed by atoms with van der Waals surface area (Å²) in [4.78, 5) is 18.0. The molecule has 0 spiro atoms. The number of aryl methyl sites for hydroxylation is 1. The van der Waals surface area contributed by atoms with Gasteiger partial charge in [-0.2, -0.15) is 0 Å². The molecule has 27 heavy (non-hydrogen) atoms. The molecule has 0 bridgehead atoms. The Hall–Kier alpha value is -2.66. The van der Waals surface area contributed by atoms with Crippen molar-refractivity contribution < 1.29 is 4.74 Å². The second-order valence-corrected chi connectivity index (χ2v) is 7.05. The van der Waals surface area contributed by atoms with Crippen molar-refractivity contribution in [2.45, 2.75) is 38.6 Å². The molecular weight excluding hydrogens is 338 g/mol. The second kappa shape index (κ2) is 7.92. The van der Waals surface area contributed by atoms with Crippen molar-refractivity contribution in [3.63, 3.8) is 0 Å². The number of nitrogens with one attached hydrogen (secondary N) is 1. The van der Waals surface area contributed by atoms with Crippen LogP contribution in [0.2, 0.25) is 0 Å². The smallest absolute Gasteiger partial charge is 0.265 e. The number of hydrogen-bond donors (Lipinski definition) is 1. The fraction of sp³-hybridized carbons (Fsp3) is 0.364. The van der Waals surface area contributed by atoms with Gasteiger partial charge in [0.05, 0.1) is 23.9 Å². The molecule has 1 aliphatic heterocycles. The van der Waals surface area contributed by atoms with Gasteiger partial charge in [-0.1, -0.05) is 31.5 Å². The molecule has 0 radical (unpaired) electrons. The van der Waals surface area contributed by atoms with Crippen molar-refractivity contribution in [2.24, 2.45) is 0 Å². The minimum absolute atomic E-state index is 0.00314. The van der Waals surface area contributed by atoms with E-state index in [4.69, 9.17) is 9.72 Å². The van der Waals surface area contributed by atoms with E-state index in [1.165, 1.54) is 0 Å². The van der Waals surface area contributed by atoms with Gasteiger partial charge in [0, 0.05) is 18.5 Å². The van der Waals surface area contributed by atoms with Gasteiger partial charge in [0.25, 0.3) is 5.56 Å². The molecule has 4 rings (SSSR count). The van der Waals surface area contributed by atoms with E-state index in [1.54, 1.807) is 10.6 Å². The van der Waals surface area contributed by atoms with Crippen LogP contribution in [0, 0.1) is 0 Å². The lowest BCUT2D eigenvalue weighted by atomic mass is 10.0. The quantitative estimate of drug-likeness (QED) is 0.721. The molecule has 140 valence electrons. The largest absolute Gasteiger partial charge is 0.380 e. The number of hydrogen-bond acceptors (Lipinski definition) is 4. The van der Waals surface area contributed by atoms with Gasteiger partial charge in [0.15, 0.2) is 0 Å². The van der Waals surface area contributed by atoms with Crippen molar-refractivity contribution >= 4 is 11.3 Å². The molecular formula is C22H25N3O2.